The normalized spacial score (nSPS) is 13.8. The second-order valence-corrected chi connectivity index (χ2v) is 17.1. The molecule has 3 unspecified atom stereocenters. The number of aryl methyl sites for hydroxylation is 1. The summed E-state index contributed by atoms with van der Waals surface area (Å²) in [6.07, 6.45) is 10.1. The van der Waals surface area contributed by atoms with Crippen LogP contribution in [0.1, 0.15) is 139 Å². The van der Waals surface area contributed by atoms with Crippen LogP contribution in [0.3, 0.4) is 0 Å². The first kappa shape index (κ1) is 86.1. The second kappa shape index (κ2) is 64.5. The Morgan fingerprint density at radius 1 is 0.671 bits per heavy atom. The zero-order chi connectivity index (χ0) is 48.7. The number of piperidine rings is 1. The predicted molar refractivity (Wildman–Crippen MR) is 339 cm³/mol. The Balaban J connectivity index is -0.000000126. The van der Waals surface area contributed by atoms with Gasteiger partial charge >= 0.3 is 0 Å². The number of rotatable bonds is 16. The van der Waals surface area contributed by atoms with Crippen molar-refractivity contribution in [3.8, 4) is 24.3 Å². The Labute approximate surface area is 483 Å². The molecule has 3 atom stereocenters. The first-order valence-electron chi connectivity index (χ1n) is 22.9. The Hall–Kier alpha value is -3.66. The molecule has 4 aromatic carbocycles. The fraction of sp³-hybridized carbons (Fsp3) is 0.508. The highest BCUT2D eigenvalue weighted by atomic mass is 80.9. The van der Waals surface area contributed by atoms with Crippen LogP contribution in [0.5, 0.6) is 0 Å². The van der Waals surface area contributed by atoms with Gasteiger partial charge in [0, 0.05) is 96.6 Å². The molecule has 0 bridgehead atoms. The number of nitrogens with zero attached hydrogens (tertiary/aromatic N) is 6. The summed E-state index contributed by atoms with van der Waals surface area (Å²) in [5.74, 6) is 0.628. The van der Waals surface area contributed by atoms with Crippen molar-refractivity contribution in [3.05, 3.63) is 156 Å². The minimum Gasteiger partial charge on any atom is -0.316 e. The highest BCUT2D eigenvalue weighted by molar-refractivity contribution is 9.93. The van der Waals surface area contributed by atoms with E-state index < -0.39 is 0 Å². The zero-order valence-electron chi connectivity index (χ0n) is 39.2. The quantitative estimate of drug-likeness (QED) is 0.0645. The lowest BCUT2D eigenvalue weighted by Crippen LogP contribution is -2.52. The van der Waals surface area contributed by atoms with E-state index in [0.717, 1.165) is 70.7 Å². The van der Waals surface area contributed by atoms with E-state index in [1.165, 1.54) is 54.4 Å². The summed E-state index contributed by atoms with van der Waals surface area (Å²) in [5.41, 5.74) is 5.48. The smallest absolute Gasteiger partial charge is 0.0663 e. The van der Waals surface area contributed by atoms with Crippen molar-refractivity contribution in [1.82, 2.24) is 20.4 Å². The Morgan fingerprint density at radius 3 is 1.58 bits per heavy atom. The van der Waals surface area contributed by atoms with E-state index in [1.54, 1.807) is 6.08 Å². The summed E-state index contributed by atoms with van der Waals surface area (Å²) < 4.78 is 0. The molecule has 0 aliphatic carbocycles. The van der Waals surface area contributed by atoms with Gasteiger partial charge in [0.25, 0.3) is 0 Å². The number of piperazine rings is 1. The maximum Gasteiger partial charge on any atom is 0.0663 e. The minimum absolute atomic E-state index is 0. The number of nitrogens with one attached hydrogen (secondary N) is 2. The Bertz CT molecular complexity index is 1820. The molecule has 2 N–H and O–H groups in total. The van der Waals surface area contributed by atoms with E-state index in [9.17, 15) is 5.26 Å². The van der Waals surface area contributed by atoms with Crippen LogP contribution >= 0.6 is 60.1 Å². The fourth-order valence-corrected chi connectivity index (χ4v) is 7.14. The van der Waals surface area contributed by atoms with Crippen molar-refractivity contribution in [2.45, 2.75) is 154 Å². The van der Waals surface area contributed by atoms with E-state index in [0.29, 0.717) is 36.0 Å². The Kier molecular flexibility index (Phi) is 76.0. The number of unbranched alkanes of at least 4 members (excludes halogenated alkanes) is 1. The van der Waals surface area contributed by atoms with Gasteiger partial charge in [-0.2, -0.15) is 21.0 Å². The standard InChI is InChI=1S/C20H23N3.C17H21N.C7H12N2.C4H5Br2N.C4H5N.C2H6.7CH4.Br2/c21-12-11-20-17-22(15-18-7-3-1-4-8-18)13-14-23(20)16-19-9-5-2-6-10-19;1-3-9-16(10-4-1)11-7-8-14-18-15-17-12-5-2-6-13-17;8-4-3-7-2-1-5-9-6-7;5-3-4(6)1-2-7;1-2-3-4-5;1-2;;;;;;;;1-2/h1-10,20H,11,13-17H2;1-6,9-10,12-13,18H,7-8,11,14-15H2;7,9H,1-3,5-6H2;4H,1,3H2;2H,1,3H2;1-2H3;7*1H4;. The molecule has 2 fully saturated rings. The van der Waals surface area contributed by atoms with Crippen LogP contribution in [0.2, 0.25) is 0 Å². The van der Waals surface area contributed by atoms with Gasteiger partial charge in [0.2, 0.25) is 0 Å². The van der Waals surface area contributed by atoms with Gasteiger partial charge in [0.05, 0.1) is 37.1 Å². The monoisotopic (exact) mass is 1260 g/mol. The third kappa shape index (κ3) is 47.8. The molecule has 412 valence electrons. The van der Waals surface area contributed by atoms with Gasteiger partial charge < -0.3 is 10.6 Å². The molecule has 0 amide bonds. The predicted octanol–water partition coefficient (Wildman–Crippen LogP) is 18.3. The molecule has 12 heteroatoms. The minimum atomic E-state index is 0. The molecule has 0 radical (unpaired) electrons. The third-order valence-corrected chi connectivity index (χ3v) is 12.4. The van der Waals surface area contributed by atoms with Gasteiger partial charge in [-0.25, -0.2) is 0 Å². The molecule has 0 saturated carbocycles. The first-order chi connectivity index (χ1) is 32.5. The zero-order valence-corrected chi connectivity index (χ0v) is 45.5. The number of allylic oxidation sites excluding steroid dienone is 1. The third-order valence-electron chi connectivity index (χ3n) is 10.1. The first-order valence-corrected chi connectivity index (χ1v) is 28.7. The molecule has 0 spiro atoms. The van der Waals surface area contributed by atoms with Gasteiger partial charge in [-0.05, 0) is 79.9 Å². The van der Waals surface area contributed by atoms with Gasteiger partial charge in [-0.15, -0.1) is 6.58 Å². The summed E-state index contributed by atoms with van der Waals surface area (Å²) in [7, 11) is 0. The molecule has 2 aliphatic rings. The fourth-order valence-electron chi connectivity index (χ4n) is 6.77. The van der Waals surface area contributed by atoms with E-state index in [4.69, 9.17) is 15.8 Å². The molecule has 73 heavy (non-hydrogen) atoms. The lowest BCUT2D eigenvalue weighted by molar-refractivity contribution is 0.0662. The SMILES string of the molecule is BrBr.C.C.C.C.C.C.C.C=CCC#N.CC.N#CCC(Br)CBr.N#CCC1CCCNC1.N#CCC1CN(Cc2ccccc2)CCN1Cc1ccccc1.c1ccc(CCCCNCc2ccccc2)cc1. The summed E-state index contributed by atoms with van der Waals surface area (Å²) in [6.45, 7) is 16.6. The number of halogens is 4. The molecular weight excluding hydrogens is 1160 g/mol. The van der Waals surface area contributed by atoms with Crippen LogP contribution in [0.25, 0.3) is 0 Å². The van der Waals surface area contributed by atoms with E-state index in [2.05, 4.69) is 215 Å². The highest BCUT2D eigenvalue weighted by Gasteiger charge is 2.26. The van der Waals surface area contributed by atoms with Crippen LogP contribution < -0.4 is 10.6 Å². The molecule has 2 aliphatic heterocycles. The van der Waals surface area contributed by atoms with Crippen LogP contribution in [0.15, 0.2) is 134 Å². The van der Waals surface area contributed by atoms with Crippen molar-refractivity contribution in [1.29, 1.82) is 21.0 Å². The van der Waals surface area contributed by atoms with Crippen molar-refractivity contribution < 1.29 is 0 Å². The topological polar surface area (TPSA) is 126 Å². The average molecular weight is 1270 g/mol. The van der Waals surface area contributed by atoms with Crippen molar-refractivity contribution >= 4 is 60.1 Å². The lowest BCUT2D eigenvalue weighted by Gasteiger charge is -2.40. The van der Waals surface area contributed by atoms with Crippen LogP contribution in [-0.2, 0) is 26.1 Å². The summed E-state index contributed by atoms with van der Waals surface area (Å²) in [4.78, 5) is 5.25. The highest BCUT2D eigenvalue weighted by Crippen LogP contribution is 2.18. The maximum atomic E-state index is 9.18. The second-order valence-electron chi connectivity index (χ2n) is 15.1. The Morgan fingerprint density at radius 2 is 1.16 bits per heavy atom. The van der Waals surface area contributed by atoms with Crippen LogP contribution in [-0.4, -0.2) is 65.3 Å². The number of hydrogen-bond acceptors (Lipinski definition) is 8. The summed E-state index contributed by atoms with van der Waals surface area (Å²) in [6, 6.07) is 51.2. The molecule has 0 aromatic heterocycles. The van der Waals surface area contributed by atoms with Gasteiger partial charge in [-0.1, -0.05) is 225 Å². The van der Waals surface area contributed by atoms with Crippen LogP contribution in [0.4, 0.5) is 0 Å². The van der Waals surface area contributed by atoms with Crippen LogP contribution in [0, 0.1) is 51.2 Å². The van der Waals surface area contributed by atoms with Crippen molar-refractivity contribution in [3.63, 3.8) is 0 Å². The largest absolute Gasteiger partial charge is 0.316 e. The molecule has 2 heterocycles. The number of alkyl halides is 2. The molecule has 4 aromatic rings. The average Bonchev–Trinajstić information content (AvgIpc) is 3.37. The maximum absolute atomic E-state index is 9.18. The number of benzene rings is 4. The molecule has 8 nitrogen and oxygen atoms in total. The van der Waals surface area contributed by atoms with Crippen molar-refractivity contribution in [2.75, 3.05) is 44.6 Å². The van der Waals surface area contributed by atoms with E-state index in [1.807, 2.05) is 32.1 Å². The number of hydrogen-bond donors (Lipinski definition) is 2. The van der Waals surface area contributed by atoms with E-state index >= 15 is 0 Å². The molecule has 6 rings (SSSR count). The van der Waals surface area contributed by atoms with Crippen molar-refractivity contribution in [2.24, 2.45) is 5.92 Å². The molecule has 2 saturated heterocycles. The molecular formula is C61H100Br4N8. The summed E-state index contributed by atoms with van der Waals surface area (Å²) in [5, 5.41) is 40.9. The van der Waals surface area contributed by atoms with E-state index in [-0.39, 0.29) is 52.0 Å². The van der Waals surface area contributed by atoms with Gasteiger partial charge in [0.1, 0.15) is 0 Å². The number of nitriles is 4. The summed E-state index contributed by atoms with van der Waals surface area (Å²) >= 11 is 12.0. The lowest BCUT2D eigenvalue weighted by atomic mass is 9.97. The van der Waals surface area contributed by atoms with Gasteiger partial charge in [0.15, 0.2) is 0 Å². The van der Waals surface area contributed by atoms with Gasteiger partial charge in [-0.3, -0.25) is 9.80 Å².